The molecule has 2 rings (SSSR count). The van der Waals surface area contributed by atoms with Crippen LogP contribution >= 0.6 is 11.6 Å². The topological polar surface area (TPSA) is 21.3 Å². The normalized spacial score (nSPS) is 12.0. The summed E-state index contributed by atoms with van der Waals surface area (Å²) in [7, 11) is 1.58. The van der Waals surface area contributed by atoms with Crippen LogP contribution in [0.15, 0.2) is 42.5 Å². The molecule has 0 fully saturated rings. The van der Waals surface area contributed by atoms with Gasteiger partial charge in [0.15, 0.2) is 0 Å². The highest BCUT2D eigenvalue weighted by Gasteiger charge is 2.08. The van der Waals surface area contributed by atoms with Crippen LogP contribution in [0.25, 0.3) is 0 Å². The summed E-state index contributed by atoms with van der Waals surface area (Å²) < 4.78 is 18.7. The minimum Gasteiger partial charge on any atom is -0.495 e. The molecule has 0 radical (unpaired) electrons. The van der Waals surface area contributed by atoms with Gasteiger partial charge in [-0.2, -0.15) is 0 Å². The van der Waals surface area contributed by atoms with Crippen molar-refractivity contribution < 1.29 is 9.13 Å². The van der Waals surface area contributed by atoms with Gasteiger partial charge in [-0.25, -0.2) is 4.39 Å². The first-order chi connectivity index (χ1) is 9.60. The van der Waals surface area contributed by atoms with E-state index >= 15 is 0 Å². The lowest BCUT2D eigenvalue weighted by atomic mass is 10.1. The first-order valence-corrected chi connectivity index (χ1v) is 6.81. The maximum atomic E-state index is 13.6. The number of hydrogen-bond acceptors (Lipinski definition) is 2. The smallest absolute Gasteiger partial charge is 0.137 e. The van der Waals surface area contributed by atoms with Crippen LogP contribution < -0.4 is 10.1 Å². The number of rotatable bonds is 5. The summed E-state index contributed by atoms with van der Waals surface area (Å²) >= 11 is 6.07. The molecule has 0 spiro atoms. The van der Waals surface area contributed by atoms with Gasteiger partial charge in [0.1, 0.15) is 11.6 Å². The fourth-order valence-electron chi connectivity index (χ4n) is 2.09. The highest BCUT2D eigenvalue weighted by molar-refractivity contribution is 6.32. The Kier molecular flexibility index (Phi) is 4.85. The zero-order valence-corrected chi connectivity index (χ0v) is 12.2. The van der Waals surface area contributed by atoms with E-state index in [-0.39, 0.29) is 11.9 Å². The summed E-state index contributed by atoms with van der Waals surface area (Å²) in [4.78, 5) is 0. The minimum atomic E-state index is -0.172. The number of methoxy groups -OCH3 is 1. The van der Waals surface area contributed by atoms with Crippen LogP contribution in [0.5, 0.6) is 5.75 Å². The first kappa shape index (κ1) is 14.7. The molecule has 0 heterocycles. The van der Waals surface area contributed by atoms with Crippen molar-refractivity contribution in [2.24, 2.45) is 0 Å². The Bertz CT molecular complexity index is 588. The van der Waals surface area contributed by atoms with Gasteiger partial charge in [0.05, 0.1) is 12.1 Å². The Morgan fingerprint density at radius 2 is 2.00 bits per heavy atom. The van der Waals surface area contributed by atoms with E-state index < -0.39 is 0 Å². The molecule has 0 aromatic heterocycles. The second-order valence-electron chi connectivity index (χ2n) is 4.69. The lowest BCUT2D eigenvalue weighted by Crippen LogP contribution is -2.18. The van der Waals surface area contributed by atoms with Crippen LogP contribution in [-0.2, 0) is 6.42 Å². The Labute approximate surface area is 123 Å². The lowest BCUT2D eigenvalue weighted by molar-refractivity contribution is 0.415. The van der Waals surface area contributed by atoms with Gasteiger partial charge < -0.3 is 10.1 Å². The molecule has 0 amide bonds. The number of ether oxygens (including phenoxy) is 1. The maximum Gasteiger partial charge on any atom is 0.137 e. The predicted molar refractivity (Wildman–Crippen MR) is 81.2 cm³/mol. The van der Waals surface area contributed by atoms with Crippen LogP contribution in [0, 0.1) is 5.82 Å². The molecule has 20 heavy (non-hydrogen) atoms. The molecule has 2 nitrogen and oxygen atoms in total. The van der Waals surface area contributed by atoms with Crippen LogP contribution in [-0.4, -0.2) is 13.2 Å². The Hall–Kier alpha value is -1.74. The van der Waals surface area contributed by atoms with Crippen molar-refractivity contribution in [2.45, 2.75) is 19.4 Å². The van der Waals surface area contributed by atoms with Crippen LogP contribution in [0.1, 0.15) is 12.5 Å². The molecule has 0 aliphatic rings. The monoisotopic (exact) mass is 293 g/mol. The van der Waals surface area contributed by atoms with Crippen LogP contribution in [0.4, 0.5) is 10.1 Å². The maximum absolute atomic E-state index is 13.6. The fraction of sp³-hybridized carbons (Fsp3) is 0.250. The number of benzene rings is 2. The van der Waals surface area contributed by atoms with Crippen molar-refractivity contribution in [1.29, 1.82) is 0 Å². The molecule has 1 unspecified atom stereocenters. The molecule has 4 heteroatoms. The molecule has 0 bridgehead atoms. The van der Waals surface area contributed by atoms with Crippen molar-refractivity contribution in [3.05, 3.63) is 58.9 Å². The summed E-state index contributed by atoms with van der Waals surface area (Å²) in [5.74, 6) is 0.466. The van der Waals surface area contributed by atoms with Crippen molar-refractivity contribution in [3.63, 3.8) is 0 Å². The van der Waals surface area contributed by atoms with E-state index in [4.69, 9.17) is 16.3 Å². The summed E-state index contributed by atoms with van der Waals surface area (Å²) in [5.41, 5.74) is 1.59. The number of hydrogen-bond donors (Lipinski definition) is 1. The summed E-state index contributed by atoms with van der Waals surface area (Å²) in [5, 5.41) is 3.85. The Morgan fingerprint density at radius 3 is 2.65 bits per heavy atom. The van der Waals surface area contributed by atoms with Gasteiger partial charge in [-0.1, -0.05) is 29.8 Å². The fourth-order valence-corrected chi connectivity index (χ4v) is 2.34. The second-order valence-corrected chi connectivity index (χ2v) is 5.10. The van der Waals surface area contributed by atoms with Gasteiger partial charge in [-0.3, -0.25) is 0 Å². The molecular formula is C16H17ClFNO. The van der Waals surface area contributed by atoms with E-state index in [1.54, 1.807) is 31.4 Å². The Morgan fingerprint density at radius 1 is 1.25 bits per heavy atom. The molecule has 2 aromatic rings. The van der Waals surface area contributed by atoms with Crippen molar-refractivity contribution >= 4 is 17.3 Å². The van der Waals surface area contributed by atoms with E-state index in [1.165, 1.54) is 6.07 Å². The predicted octanol–water partition coefficient (Wildman–Crippen LogP) is 4.53. The zero-order chi connectivity index (χ0) is 14.5. The second kappa shape index (κ2) is 6.62. The molecular weight excluding hydrogens is 277 g/mol. The third-order valence-electron chi connectivity index (χ3n) is 3.05. The number of anilines is 1. The highest BCUT2D eigenvalue weighted by atomic mass is 35.5. The van der Waals surface area contributed by atoms with E-state index in [0.717, 1.165) is 5.69 Å². The van der Waals surface area contributed by atoms with Crippen molar-refractivity contribution in [3.8, 4) is 5.75 Å². The van der Waals surface area contributed by atoms with E-state index in [1.807, 2.05) is 19.1 Å². The van der Waals surface area contributed by atoms with Crippen LogP contribution in [0.2, 0.25) is 5.02 Å². The molecule has 0 aliphatic heterocycles. The quantitative estimate of drug-likeness (QED) is 0.874. The third kappa shape index (κ3) is 3.64. The van der Waals surface area contributed by atoms with E-state index in [9.17, 15) is 4.39 Å². The SMILES string of the molecule is COc1ccc(NC(C)Cc2ccccc2F)cc1Cl. The molecule has 0 saturated carbocycles. The van der Waals surface area contributed by atoms with E-state index in [2.05, 4.69) is 5.32 Å². The van der Waals surface area contributed by atoms with Gasteiger partial charge in [-0.05, 0) is 43.2 Å². The van der Waals surface area contributed by atoms with E-state index in [0.29, 0.717) is 22.8 Å². The summed E-state index contributed by atoms with van der Waals surface area (Å²) in [6.45, 7) is 2.00. The highest BCUT2D eigenvalue weighted by Crippen LogP contribution is 2.27. The largest absolute Gasteiger partial charge is 0.495 e. The third-order valence-corrected chi connectivity index (χ3v) is 3.34. The van der Waals surface area contributed by atoms with Crippen molar-refractivity contribution in [2.75, 3.05) is 12.4 Å². The summed E-state index contributed by atoms with van der Waals surface area (Å²) in [6.07, 6.45) is 0.607. The van der Waals surface area contributed by atoms with Gasteiger partial charge in [-0.15, -0.1) is 0 Å². The lowest BCUT2D eigenvalue weighted by Gasteiger charge is -2.16. The average Bonchev–Trinajstić information content (AvgIpc) is 2.41. The molecule has 106 valence electrons. The van der Waals surface area contributed by atoms with Gasteiger partial charge in [0, 0.05) is 11.7 Å². The van der Waals surface area contributed by atoms with Crippen LogP contribution in [0.3, 0.4) is 0 Å². The van der Waals surface area contributed by atoms with Gasteiger partial charge >= 0.3 is 0 Å². The van der Waals surface area contributed by atoms with Crippen molar-refractivity contribution in [1.82, 2.24) is 0 Å². The number of halogens is 2. The first-order valence-electron chi connectivity index (χ1n) is 6.43. The average molecular weight is 294 g/mol. The summed E-state index contributed by atoms with van der Waals surface area (Å²) in [6, 6.07) is 12.4. The molecule has 0 aliphatic carbocycles. The zero-order valence-electron chi connectivity index (χ0n) is 11.5. The molecule has 1 atom stereocenters. The standard InChI is InChI=1S/C16H17ClFNO/c1-11(9-12-5-3-4-6-15(12)18)19-13-7-8-16(20-2)14(17)10-13/h3-8,10-11,19H,9H2,1-2H3. The molecule has 1 N–H and O–H groups in total. The minimum absolute atomic E-state index is 0.0939. The molecule has 0 saturated heterocycles. The number of nitrogens with one attached hydrogen (secondary N) is 1. The van der Waals surface area contributed by atoms with Gasteiger partial charge in [0.25, 0.3) is 0 Å². The molecule has 2 aromatic carbocycles. The van der Waals surface area contributed by atoms with Gasteiger partial charge in [0.2, 0.25) is 0 Å². The Balaban J connectivity index is 2.03.